The van der Waals surface area contributed by atoms with Gasteiger partial charge in [-0.15, -0.1) is 0 Å². The number of carbonyl (C=O) groups excluding carboxylic acids is 1. The second kappa shape index (κ2) is 7.26. The summed E-state index contributed by atoms with van der Waals surface area (Å²) in [6, 6.07) is 7.44. The molecule has 1 saturated heterocycles. The van der Waals surface area contributed by atoms with E-state index in [-0.39, 0.29) is 11.9 Å². The molecule has 1 unspecified atom stereocenters. The van der Waals surface area contributed by atoms with Crippen molar-refractivity contribution in [2.75, 3.05) is 26.3 Å². The van der Waals surface area contributed by atoms with Gasteiger partial charge in [-0.05, 0) is 18.6 Å². The SMILES string of the molecule is C1COCCN1.CCC1CC(=O)c2ccccc2O1. The molecule has 1 aromatic rings. The number of para-hydroxylation sites is 1. The normalized spacial score (nSPS) is 21.7. The van der Waals surface area contributed by atoms with E-state index in [1.807, 2.05) is 31.2 Å². The van der Waals surface area contributed by atoms with E-state index < -0.39 is 0 Å². The molecule has 1 aromatic carbocycles. The van der Waals surface area contributed by atoms with Crippen LogP contribution in [0.1, 0.15) is 30.1 Å². The molecule has 0 spiro atoms. The van der Waals surface area contributed by atoms with Crippen LogP contribution < -0.4 is 10.1 Å². The van der Waals surface area contributed by atoms with Crippen LogP contribution in [-0.2, 0) is 4.74 Å². The minimum Gasteiger partial charge on any atom is -0.489 e. The summed E-state index contributed by atoms with van der Waals surface area (Å²) in [6.45, 7) is 5.87. The number of ketones is 1. The molecule has 0 aromatic heterocycles. The van der Waals surface area contributed by atoms with Crippen molar-refractivity contribution in [1.82, 2.24) is 5.32 Å². The van der Waals surface area contributed by atoms with Crippen molar-refractivity contribution in [3.8, 4) is 5.75 Å². The third-order valence-electron chi connectivity index (χ3n) is 3.20. The summed E-state index contributed by atoms with van der Waals surface area (Å²) in [4.78, 5) is 11.6. The quantitative estimate of drug-likeness (QED) is 0.842. The number of rotatable bonds is 1. The van der Waals surface area contributed by atoms with Gasteiger partial charge < -0.3 is 14.8 Å². The van der Waals surface area contributed by atoms with Crippen LogP contribution in [0.15, 0.2) is 24.3 Å². The van der Waals surface area contributed by atoms with Gasteiger partial charge in [0.25, 0.3) is 0 Å². The Morgan fingerprint density at radius 1 is 1.26 bits per heavy atom. The fourth-order valence-corrected chi connectivity index (χ4v) is 2.08. The third-order valence-corrected chi connectivity index (χ3v) is 3.20. The molecule has 2 aliphatic rings. The van der Waals surface area contributed by atoms with E-state index in [0.717, 1.165) is 44.0 Å². The summed E-state index contributed by atoms with van der Waals surface area (Å²) < 4.78 is 10.6. The summed E-state index contributed by atoms with van der Waals surface area (Å²) in [5, 5.41) is 3.16. The lowest BCUT2D eigenvalue weighted by molar-refractivity contribution is 0.0845. The van der Waals surface area contributed by atoms with Gasteiger partial charge in [-0.3, -0.25) is 4.79 Å². The molecule has 19 heavy (non-hydrogen) atoms. The second-order valence-electron chi connectivity index (χ2n) is 4.63. The molecule has 2 aliphatic heterocycles. The van der Waals surface area contributed by atoms with Crippen LogP contribution in [0.5, 0.6) is 5.75 Å². The Labute approximate surface area is 114 Å². The summed E-state index contributed by atoms with van der Waals surface area (Å²) in [5.41, 5.74) is 0.729. The number of Topliss-reactive ketones (excluding diaryl/α,β-unsaturated/α-hetero) is 1. The van der Waals surface area contributed by atoms with E-state index in [0.29, 0.717) is 6.42 Å². The van der Waals surface area contributed by atoms with Crippen LogP contribution in [0, 0.1) is 0 Å². The van der Waals surface area contributed by atoms with Gasteiger partial charge in [0.05, 0.1) is 18.8 Å². The first-order valence-corrected chi connectivity index (χ1v) is 6.88. The first-order valence-electron chi connectivity index (χ1n) is 6.88. The number of morpholine rings is 1. The third kappa shape index (κ3) is 4.04. The predicted molar refractivity (Wildman–Crippen MR) is 73.8 cm³/mol. The van der Waals surface area contributed by atoms with Crippen molar-refractivity contribution in [3.63, 3.8) is 0 Å². The minimum atomic E-state index is 0.0717. The number of ether oxygens (including phenoxy) is 2. The van der Waals surface area contributed by atoms with Crippen LogP contribution in [0.4, 0.5) is 0 Å². The second-order valence-corrected chi connectivity index (χ2v) is 4.63. The maximum Gasteiger partial charge on any atom is 0.170 e. The molecule has 1 atom stereocenters. The van der Waals surface area contributed by atoms with Gasteiger partial charge in [0.2, 0.25) is 0 Å². The zero-order chi connectivity index (χ0) is 13.5. The van der Waals surface area contributed by atoms with Crippen LogP contribution in [-0.4, -0.2) is 38.2 Å². The average molecular weight is 263 g/mol. The van der Waals surface area contributed by atoms with Crippen molar-refractivity contribution in [2.45, 2.75) is 25.9 Å². The monoisotopic (exact) mass is 263 g/mol. The summed E-state index contributed by atoms with van der Waals surface area (Å²) >= 11 is 0. The van der Waals surface area contributed by atoms with E-state index in [1.165, 1.54) is 0 Å². The van der Waals surface area contributed by atoms with E-state index in [1.54, 1.807) is 0 Å². The van der Waals surface area contributed by atoms with Gasteiger partial charge in [-0.25, -0.2) is 0 Å². The molecule has 4 nitrogen and oxygen atoms in total. The van der Waals surface area contributed by atoms with Gasteiger partial charge in [0.1, 0.15) is 11.9 Å². The summed E-state index contributed by atoms with van der Waals surface area (Å²) in [6.07, 6.45) is 1.48. The lowest BCUT2D eigenvalue weighted by Crippen LogP contribution is -2.30. The highest BCUT2D eigenvalue weighted by atomic mass is 16.5. The maximum absolute atomic E-state index is 11.6. The Morgan fingerprint density at radius 2 is 2.00 bits per heavy atom. The Kier molecular flexibility index (Phi) is 5.36. The van der Waals surface area contributed by atoms with Gasteiger partial charge in [-0.1, -0.05) is 19.1 Å². The largest absolute Gasteiger partial charge is 0.489 e. The zero-order valence-corrected chi connectivity index (χ0v) is 11.4. The van der Waals surface area contributed by atoms with Crippen LogP contribution >= 0.6 is 0 Å². The minimum absolute atomic E-state index is 0.0717. The molecule has 0 aliphatic carbocycles. The highest BCUT2D eigenvalue weighted by Gasteiger charge is 2.24. The molecule has 3 rings (SSSR count). The fraction of sp³-hybridized carbons (Fsp3) is 0.533. The molecule has 0 saturated carbocycles. The van der Waals surface area contributed by atoms with Crippen LogP contribution in [0.2, 0.25) is 0 Å². The van der Waals surface area contributed by atoms with Gasteiger partial charge in [0, 0.05) is 19.5 Å². The number of nitrogens with one attached hydrogen (secondary N) is 1. The highest BCUT2D eigenvalue weighted by molar-refractivity contribution is 5.99. The molecular weight excluding hydrogens is 242 g/mol. The van der Waals surface area contributed by atoms with E-state index in [4.69, 9.17) is 9.47 Å². The molecule has 2 heterocycles. The van der Waals surface area contributed by atoms with Crippen molar-refractivity contribution < 1.29 is 14.3 Å². The van der Waals surface area contributed by atoms with Crippen LogP contribution in [0.25, 0.3) is 0 Å². The number of fused-ring (bicyclic) bond motifs is 1. The first kappa shape index (κ1) is 14.0. The summed E-state index contributed by atoms with van der Waals surface area (Å²) in [5.74, 6) is 0.944. The zero-order valence-electron chi connectivity index (χ0n) is 11.4. The predicted octanol–water partition coefficient (Wildman–Crippen LogP) is 2.04. The average Bonchev–Trinajstić information content (AvgIpc) is 2.49. The maximum atomic E-state index is 11.6. The van der Waals surface area contributed by atoms with E-state index in [2.05, 4.69) is 5.32 Å². The number of benzene rings is 1. The molecule has 1 fully saturated rings. The van der Waals surface area contributed by atoms with E-state index in [9.17, 15) is 4.79 Å². The molecule has 104 valence electrons. The van der Waals surface area contributed by atoms with Gasteiger partial charge >= 0.3 is 0 Å². The van der Waals surface area contributed by atoms with Crippen molar-refractivity contribution in [2.24, 2.45) is 0 Å². The summed E-state index contributed by atoms with van der Waals surface area (Å²) in [7, 11) is 0. The highest BCUT2D eigenvalue weighted by Crippen LogP contribution is 2.27. The Hall–Kier alpha value is -1.39. The molecule has 1 N–H and O–H groups in total. The smallest absolute Gasteiger partial charge is 0.170 e. The topological polar surface area (TPSA) is 47.6 Å². The molecule has 0 amide bonds. The lowest BCUT2D eigenvalue weighted by Gasteiger charge is -2.23. The van der Waals surface area contributed by atoms with Crippen molar-refractivity contribution >= 4 is 5.78 Å². The Bertz CT molecular complexity index is 404. The Balaban J connectivity index is 0.000000186. The number of carbonyl (C=O) groups is 1. The number of hydrogen-bond acceptors (Lipinski definition) is 4. The van der Waals surface area contributed by atoms with E-state index >= 15 is 0 Å². The van der Waals surface area contributed by atoms with Crippen molar-refractivity contribution in [3.05, 3.63) is 29.8 Å². The first-order chi connectivity index (χ1) is 9.31. The van der Waals surface area contributed by atoms with Gasteiger partial charge in [0.15, 0.2) is 5.78 Å². The number of hydrogen-bond donors (Lipinski definition) is 1. The molecule has 0 radical (unpaired) electrons. The fourth-order valence-electron chi connectivity index (χ4n) is 2.08. The molecule has 4 heteroatoms. The standard InChI is InChI=1S/C11H12O2.C4H9NO/c1-2-8-7-10(12)9-5-3-4-6-11(9)13-8;1-3-6-4-2-5-1/h3-6,8H,2,7H2,1H3;5H,1-4H2. The van der Waals surface area contributed by atoms with Crippen LogP contribution in [0.3, 0.4) is 0 Å². The molecule has 0 bridgehead atoms. The lowest BCUT2D eigenvalue weighted by atomic mass is 10.00. The van der Waals surface area contributed by atoms with Gasteiger partial charge in [-0.2, -0.15) is 0 Å². The molecular formula is C15H21NO3. The Morgan fingerprint density at radius 3 is 2.58 bits per heavy atom. The van der Waals surface area contributed by atoms with Crippen molar-refractivity contribution in [1.29, 1.82) is 0 Å².